The number of hydrogen-bond acceptors (Lipinski definition) is 6. The Balaban J connectivity index is 2.00. The van der Waals surface area contributed by atoms with E-state index in [4.69, 9.17) is 0 Å². The first-order chi connectivity index (χ1) is 8.14. The molecule has 0 spiro atoms. The van der Waals surface area contributed by atoms with Crippen LogP contribution in [0.1, 0.15) is 6.04 Å². The number of aromatic nitrogens is 4. The van der Waals surface area contributed by atoms with Crippen molar-refractivity contribution in [2.24, 2.45) is 0 Å². The van der Waals surface area contributed by atoms with E-state index in [9.17, 15) is 8.42 Å². The van der Waals surface area contributed by atoms with E-state index >= 15 is 0 Å². The topological polar surface area (TPSA) is 77.7 Å². The summed E-state index contributed by atoms with van der Waals surface area (Å²) in [4.78, 5) is 12.5. The molecule has 0 radical (unpaired) electrons. The van der Waals surface area contributed by atoms with E-state index in [0.717, 1.165) is 10.5 Å². The summed E-state index contributed by atoms with van der Waals surface area (Å²) < 4.78 is 25.3. The van der Waals surface area contributed by atoms with Crippen LogP contribution in [0.15, 0.2) is 17.7 Å². The zero-order valence-electron chi connectivity index (χ0n) is 8.65. The van der Waals surface area contributed by atoms with E-state index in [0.29, 0.717) is 5.65 Å². The predicted molar refractivity (Wildman–Crippen MR) is 62.7 cm³/mol. The van der Waals surface area contributed by atoms with Crippen molar-refractivity contribution < 1.29 is 8.42 Å². The Morgan fingerprint density at radius 1 is 1.29 bits per heavy atom. The fraction of sp³-hybridized carbons (Fsp3) is 0.444. The molecule has 0 unspecified atom stereocenters. The molecular weight excluding hydrogens is 260 g/mol. The lowest BCUT2D eigenvalue weighted by atomic mass is 10.2. The van der Waals surface area contributed by atoms with Crippen molar-refractivity contribution in [2.45, 2.75) is 16.3 Å². The lowest BCUT2D eigenvalue weighted by Crippen LogP contribution is -2.23. The first kappa shape index (κ1) is 9.84. The number of thioether (sulfide) groups is 1. The maximum atomic E-state index is 11.7. The van der Waals surface area contributed by atoms with Gasteiger partial charge in [0.1, 0.15) is 16.9 Å². The van der Waals surface area contributed by atoms with Gasteiger partial charge in [0.05, 0.1) is 23.9 Å². The molecule has 2 aromatic heterocycles. The highest BCUT2D eigenvalue weighted by atomic mass is 32.2. The van der Waals surface area contributed by atoms with Crippen LogP contribution in [0.5, 0.6) is 0 Å². The van der Waals surface area contributed by atoms with Gasteiger partial charge in [0.25, 0.3) is 0 Å². The van der Waals surface area contributed by atoms with Crippen molar-refractivity contribution in [3.8, 4) is 0 Å². The normalized spacial score (nSPS) is 29.4. The Hall–Kier alpha value is -1.15. The molecule has 17 heavy (non-hydrogen) atoms. The third-order valence-corrected chi connectivity index (χ3v) is 6.46. The van der Waals surface area contributed by atoms with E-state index in [1.54, 1.807) is 6.33 Å². The van der Waals surface area contributed by atoms with Gasteiger partial charge in [0.15, 0.2) is 15.5 Å². The number of nitrogens with zero attached hydrogens (tertiary/aromatic N) is 4. The zero-order valence-corrected chi connectivity index (χ0v) is 10.3. The van der Waals surface area contributed by atoms with Gasteiger partial charge in [-0.25, -0.2) is 23.4 Å². The molecule has 2 aliphatic rings. The minimum atomic E-state index is -2.94. The molecule has 0 bridgehead atoms. The maximum absolute atomic E-state index is 11.7. The van der Waals surface area contributed by atoms with E-state index < -0.39 is 9.84 Å². The molecule has 2 atom stereocenters. The van der Waals surface area contributed by atoms with E-state index in [-0.39, 0.29) is 22.8 Å². The number of rotatable bonds is 0. The van der Waals surface area contributed by atoms with Crippen molar-refractivity contribution in [3.05, 3.63) is 12.7 Å². The number of sulfone groups is 1. The first-order valence-corrected chi connectivity index (χ1v) is 7.89. The lowest BCUT2D eigenvalue weighted by molar-refractivity contribution is 0.567. The third kappa shape index (κ3) is 1.28. The molecule has 8 heteroatoms. The molecule has 88 valence electrons. The van der Waals surface area contributed by atoms with Crippen LogP contribution in [0, 0.1) is 0 Å². The van der Waals surface area contributed by atoms with Gasteiger partial charge in [-0.2, -0.15) is 0 Å². The summed E-state index contributed by atoms with van der Waals surface area (Å²) in [6, 6.07) is -0.0199. The summed E-state index contributed by atoms with van der Waals surface area (Å²) in [7, 11) is -2.94. The second kappa shape index (κ2) is 2.99. The molecule has 2 aromatic rings. The summed E-state index contributed by atoms with van der Waals surface area (Å²) >= 11 is 1.54. The van der Waals surface area contributed by atoms with Crippen molar-refractivity contribution in [3.63, 3.8) is 0 Å². The molecule has 0 N–H and O–H groups in total. The monoisotopic (exact) mass is 268 g/mol. The minimum absolute atomic E-state index is 0.0199. The Bertz CT molecular complexity index is 724. The van der Waals surface area contributed by atoms with Crippen LogP contribution in [0.2, 0.25) is 0 Å². The average Bonchev–Trinajstić information content (AvgIpc) is 2.80. The molecule has 0 saturated carbocycles. The molecule has 6 nitrogen and oxygen atoms in total. The standard InChI is InChI=1S/C9H8N4O2S2/c14-17(15)1-5-6(2-17)16-9-7-8(10-3-11-9)12-4-13(5)7/h3-6H,1-2H2/t5-,6+/m0/s1. The molecule has 4 rings (SSSR count). The van der Waals surface area contributed by atoms with Gasteiger partial charge in [0.2, 0.25) is 0 Å². The van der Waals surface area contributed by atoms with Crippen LogP contribution in [0.25, 0.3) is 11.2 Å². The average molecular weight is 268 g/mol. The van der Waals surface area contributed by atoms with Crippen LogP contribution in [0.4, 0.5) is 0 Å². The van der Waals surface area contributed by atoms with Gasteiger partial charge in [-0.05, 0) is 0 Å². The Kier molecular flexibility index (Phi) is 1.73. The largest absolute Gasteiger partial charge is 0.322 e. The molecule has 0 amide bonds. The maximum Gasteiger partial charge on any atom is 0.181 e. The minimum Gasteiger partial charge on any atom is -0.322 e. The Labute approximate surface area is 101 Å². The van der Waals surface area contributed by atoms with Crippen molar-refractivity contribution >= 4 is 32.8 Å². The number of hydrogen-bond donors (Lipinski definition) is 0. The van der Waals surface area contributed by atoms with Gasteiger partial charge in [-0.3, -0.25) is 0 Å². The summed E-state index contributed by atoms with van der Waals surface area (Å²) in [5, 5.41) is 0.894. The van der Waals surface area contributed by atoms with Crippen LogP contribution < -0.4 is 0 Å². The summed E-state index contributed by atoms with van der Waals surface area (Å²) in [5.74, 6) is 0.426. The second-order valence-corrected chi connectivity index (χ2v) is 7.69. The van der Waals surface area contributed by atoms with Crippen LogP contribution in [-0.2, 0) is 9.84 Å². The van der Waals surface area contributed by atoms with Gasteiger partial charge in [-0.1, -0.05) is 11.8 Å². The second-order valence-electron chi connectivity index (χ2n) is 4.30. The first-order valence-electron chi connectivity index (χ1n) is 5.19. The molecular formula is C9H8N4O2S2. The summed E-state index contributed by atoms with van der Waals surface area (Å²) in [6.45, 7) is 0. The summed E-state index contributed by atoms with van der Waals surface area (Å²) in [5.41, 5.74) is 1.51. The fourth-order valence-corrected chi connectivity index (χ4v) is 6.37. The molecule has 1 fully saturated rings. The Morgan fingerprint density at radius 2 is 2.18 bits per heavy atom. The van der Waals surface area contributed by atoms with E-state index in [1.165, 1.54) is 18.1 Å². The highest BCUT2D eigenvalue weighted by Gasteiger charge is 2.43. The number of imidazole rings is 1. The predicted octanol–water partition coefficient (Wildman–Crippen LogP) is 0.270. The lowest BCUT2D eigenvalue weighted by Gasteiger charge is -2.24. The Morgan fingerprint density at radius 3 is 3.06 bits per heavy atom. The van der Waals surface area contributed by atoms with Gasteiger partial charge in [0, 0.05) is 5.25 Å². The van der Waals surface area contributed by atoms with Crippen molar-refractivity contribution in [1.29, 1.82) is 0 Å². The van der Waals surface area contributed by atoms with Gasteiger partial charge in [-0.15, -0.1) is 0 Å². The van der Waals surface area contributed by atoms with Gasteiger partial charge < -0.3 is 4.57 Å². The molecule has 1 saturated heterocycles. The molecule has 4 heterocycles. The van der Waals surface area contributed by atoms with E-state index in [2.05, 4.69) is 15.0 Å². The zero-order chi connectivity index (χ0) is 11.6. The van der Waals surface area contributed by atoms with Crippen molar-refractivity contribution in [2.75, 3.05) is 11.5 Å². The quantitative estimate of drug-likeness (QED) is 0.638. The molecule has 2 aliphatic heterocycles. The van der Waals surface area contributed by atoms with Gasteiger partial charge >= 0.3 is 0 Å². The highest BCUT2D eigenvalue weighted by molar-refractivity contribution is 8.02. The molecule has 0 aliphatic carbocycles. The van der Waals surface area contributed by atoms with E-state index in [1.807, 2.05) is 4.57 Å². The third-order valence-electron chi connectivity index (χ3n) is 3.22. The SMILES string of the molecule is O=S1(=O)C[C@H]2Sc3ncnc4ncn(c34)[C@H]2C1. The fourth-order valence-electron chi connectivity index (χ4n) is 2.50. The van der Waals surface area contributed by atoms with Crippen LogP contribution in [0.3, 0.4) is 0 Å². The smallest absolute Gasteiger partial charge is 0.181 e. The molecule has 0 aromatic carbocycles. The number of fused-ring (bicyclic) bond motifs is 2. The van der Waals surface area contributed by atoms with Crippen LogP contribution >= 0.6 is 11.8 Å². The van der Waals surface area contributed by atoms with Crippen molar-refractivity contribution in [1.82, 2.24) is 19.5 Å². The van der Waals surface area contributed by atoms with Crippen LogP contribution in [-0.4, -0.2) is 44.7 Å². The highest BCUT2D eigenvalue weighted by Crippen LogP contribution is 2.44. The summed E-state index contributed by atoms with van der Waals surface area (Å²) in [6.07, 6.45) is 3.16.